The van der Waals surface area contributed by atoms with Crippen molar-refractivity contribution in [3.63, 3.8) is 0 Å². The zero-order valence-electron chi connectivity index (χ0n) is 19.5. The molecule has 0 saturated carbocycles. The van der Waals surface area contributed by atoms with Gasteiger partial charge in [-0.3, -0.25) is 14.4 Å². The maximum absolute atomic E-state index is 13.0. The first-order chi connectivity index (χ1) is 16.6. The number of nitrogens with zero attached hydrogens (tertiary/aromatic N) is 1. The predicted molar refractivity (Wildman–Crippen MR) is 136 cm³/mol. The van der Waals surface area contributed by atoms with Crippen molar-refractivity contribution < 1.29 is 23.1 Å². The van der Waals surface area contributed by atoms with E-state index in [9.17, 15) is 18.3 Å². The Hall–Kier alpha value is -2.91. The third kappa shape index (κ3) is 5.85. The van der Waals surface area contributed by atoms with Crippen molar-refractivity contribution in [1.29, 1.82) is 0 Å². The second kappa shape index (κ2) is 10.4. The van der Waals surface area contributed by atoms with E-state index in [0.29, 0.717) is 41.5 Å². The summed E-state index contributed by atoms with van der Waals surface area (Å²) in [5.41, 5.74) is 4.49. The summed E-state index contributed by atoms with van der Waals surface area (Å²) in [7, 11) is -3.79. The van der Waals surface area contributed by atoms with Gasteiger partial charge in [-0.05, 0) is 65.9 Å². The second-order valence-corrected chi connectivity index (χ2v) is 10.7. The van der Waals surface area contributed by atoms with Gasteiger partial charge in [-0.15, -0.1) is 0 Å². The Labute approximate surface area is 210 Å². The first-order valence-electron chi connectivity index (χ1n) is 11.2. The average molecular weight is 515 g/mol. The SMILES string of the molecule is Cc1cc(S(=O)(=O)Nc2cccc(-c3ccc(CN4CCOCC4C(=O)O)cc3)c2)c(C)cc1Cl. The highest BCUT2D eigenvalue weighted by Crippen LogP contribution is 2.28. The lowest BCUT2D eigenvalue weighted by atomic mass is 10.0. The fourth-order valence-corrected chi connectivity index (χ4v) is 5.69. The number of carboxylic acid groups (broad SMARTS) is 1. The van der Waals surface area contributed by atoms with Crippen LogP contribution in [-0.4, -0.2) is 50.2 Å². The molecule has 0 aliphatic carbocycles. The van der Waals surface area contributed by atoms with Crippen LogP contribution in [0.15, 0.2) is 65.6 Å². The van der Waals surface area contributed by atoms with Gasteiger partial charge in [0.15, 0.2) is 0 Å². The Bertz CT molecular complexity index is 1340. The minimum absolute atomic E-state index is 0.186. The molecule has 1 aliphatic rings. The molecule has 1 fully saturated rings. The molecule has 0 radical (unpaired) electrons. The maximum atomic E-state index is 13.0. The van der Waals surface area contributed by atoms with Gasteiger partial charge in [0.05, 0.1) is 18.1 Å². The Morgan fingerprint density at radius 1 is 1.09 bits per heavy atom. The summed E-state index contributed by atoms with van der Waals surface area (Å²) in [6, 6.07) is 17.6. The summed E-state index contributed by atoms with van der Waals surface area (Å²) < 4.78 is 34.0. The molecular weight excluding hydrogens is 488 g/mol. The molecule has 1 unspecified atom stereocenters. The van der Waals surface area contributed by atoms with E-state index in [1.165, 1.54) is 0 Å². The lowest BCUT2D eigenvalue weighted by molar-refractivity contribution is -0.150. The van der Waals surface area contributed by atoms with Crippen LogP contribution in [0.4, 0.5) is 5.69 Å². The van der Waals surface area contributed by atoms with E-state index in [0.717, 1.165) is 16.7 Å². The molecule has 4 rings (SSSR count). The second-order valence-electron chi connectivity index (χ2n) is 8.65. The molecule has 3 aromatic rings. The molecule has 9 heteroatoms. The van der Waals surface area contributed by atoms with E-state index in [-0.39, 0.29) is 11.5 Å². The lowest BCUT2D eigenvalue weighted by Crippen LogP contribution is -2.49. The maximum Gasteiger partial charge on any atom is 0.323 e. The van der Waals surface area contributed by atoms with Crippen molar-refractivity contribution in [3.05, 3.63) is 82.4 Å². The minimum Gasteiger partial charge on any atom is -0.480 e. The number of hydrogen-bond acceptors (Lipinski definition) is 5. The van der Waals surface area contributed by atoms with Crippen LogP contribution in [0.3, 0.4) is 0 Å². The third-order valence-corrected chi connectivity index (χ3v) is 7.99. The van der Waals surface area contributed by atoms with Gasteiger partial charge in [-0.1, -0.05) is 48.0 Å². The molecule has 0 bridgehead atoms. The Balaban J connectivity index is 1.51. The predicted octanol–water partition coefficient (Wildman–Crippen LogP) is 4.71. The molecule has 0 aromatic heterocycles. The quantitative estimate of drug-likeness (QED) is 0.474. The molecule has 1 aliphatic heterocycles. The molecule has 35 heavy (non-hydrogen) atoms. The molecule has 3 aromatic carbocycles. The Morgan fingerprint density at radius 3 is 2.54 bits per heavy atom. The smallest absolute Gasteiger partial charge is 0.323 e. The number of ether oxygens (including phenoxy) is 1. The number of carboxylic acids is 1. The van der Waals surface area contributed by atoms with Gasteiger partial charge >= 0.3 is 5.97 Å². The van der Waals surface area contributed by atoms with Crippen molar-refractivity contribution in [2.45, 2.75) is 31.3 Å². The van der Waals surface area contributed by atoms with Gasteiger partial charge in [0.2, 0.25) is 0 Å². The number of carbonyl (C=O) groups is 1. The normalized spacial score (nSPS) is 16.7. The molecule has 0 spiro atoms. The van der Waals surface area contributed by atoms with E-state index < -0.39 is 22.0 Å². The zero-order chi connectivity index (χ0) is 25.2. The molecule has 2 N–H and O–H groups in total. The van der Waals surface area contributed by atoms with Crippen LogP contribution in [0, 0.1) is 13.8 Å². The number of morpholine rings is 1. The molecular formula is C26H27ClN2O5S. The lowest BCUT2D eigenvalue weighted by Gasteiger charge is -2.32. The van der Waals surface area contributed by atoms with Crippen LogP contribution < -0.4 is 4.72 Å². The molecule has 1 heterocycles. The standard InChI is InChI=1S/C26H27ClN2O5S/c1-17-13-25(18(2)12-23(17)27)35(32,33)28-22-5-3-4-21(14-22)20-8-6-19(7-9-20)15-29-10-11-34-16-24(29)26(30)31/h3-9,12-14,24,28H,10-11,15-16H2,1-2H3,(H,30,31). The summed E-state index contributed by atoms with van der Waals surface area (Å²) >= 11 is 6.12. The number of aliphatic carboxylic acids is 1. The fraction of sp³-hybridized carbons (Fsp3) is 0.269. The highest BCUT2D eigenvalue weighted by Gasteiger charge is 2.29. The first-order valence-corrected chi connectivity index (χ1v) is 13.0. The number of nitrogens with one attached hydrogen (secondary N) is 1. The van der Waals surface area contributed by atoms with Crippen molar-refractivity contribution in [2.24, 2.45) is 0 Å². The van der Waals surface area contributed by atoms with E-state index in [2.05, 4.69) is 4.72 Å². The van der Waals surface area contributed by atoms with Crippen LogP contribution in [0.2, 0.25) is 5.02 Å². The number of aryl methyl sites for hydroxylation is 2. The largest absolute Gasteiger partial charge is 0.480 e. The monoisotopic (exact) mass is 514 g/mol. The van der Waals surface area contributed by atoms with E-state index in [1.807, 2.05) is 35.2 Å². The summed E-state index contributed by atoms with van der Waals surface area (Å²) in [5.74, 6) is -0.885. The Kier molecular flexibility index (Phi) is 7.47. The van der Waals surface area contributed by atoms with Gasteiger partial charge in [0, 0.05) is 23.8 Å². The highest BCUT2D eigenvalue weighted by molar-refractivity contribution is 7.92. The van der Waals surface area contributed by atoms with Crippen LogP contribution in [0.5, 0.6) is 0 Å². The minimum atomic E-state index is -3.79. The number of benzene rings is 3. The molecule has 1 atom stereocenters. The van der Waals surface area contributed by atoms with Gasteiger partial charge in [-0.25, -0.2) is 8.42 Å². The van der Waals surface area contributed by atoms with Gasteiger partial charge in [-0.2, -0.15) is 0 Å². The number of anilines is 1. The van der Waals surface area contributed by atoms with Gasteiger partial charge in [0.25, 0.3) is 10.0 Å². The number of sulfonamides is 1. The van der Waals surface area contributed by atoms with Crippen molar-refractivity contribution in [2.75, 3.05) is 24.5 Å². The number of rotatable bonds is 7. The third-order valence-electron chi connectivity index (χ3n) is 6.06. The van der Waals surface area contributed by atoms with Crippen LogP contribution in [-0.2, 0) is 26.1 Å². The first kappa shape index (κ1) is 25.2. The number of hydrogen-bond donors (Lipinski definition) is 2. The van der Waals surface area contributed by atoms with Crippen LogP contribution in [0.25, 0.3) is 11.1 Å². The van der Waals surface area contributed by atoms with Crippen LogP contribution in [0.1, 0.15) is 16.7 Å². The van der Waals surface area contributed by atoms with Crippen molar-refractivity contribution in [3.8, 4) is 11.1 Å². The van der Waals surface area contributed by atoms with Crippen molar-refractivity contribution in [1.82, 2.24) is 4.90 Å². The summed E-state index contributed by atoms with van der Waals surface area (Å²) in [6.07, 6.45) is 0. The number of halogens is 1. The van der Waals surface area contributed by atoms with E-state index >= 15 is 0 Å². The van der Waals surface area contributed by atoms with Gasteiger partial charge < -0.3 is 9.84 Å². The van der Waals surface area contributed by atoms with Crippen LogP contribution >= 0.6 is 11.6 Å². The summed E-state index contributed by atoms with van der Waals surface area (Å²) in [4.78, 5) is 13.6. The molecule has 184 valence electrons. The molecule has 0 amide bonds. The van der Waals surface area contributed by atoms with Gasteiger partial charge in [0.1, 0.15) is 6.04 Å². The van der Waals surface area contributed by atoms with E-state index in [4.69, 9.17) is 16.3 Å². The summed E-state index contributed by atoms with van der Waals surface area (Å²) in [5, 5.41) is 9.95. The molecule has 7 nitrogen and oxygen atoms in total. The Morgan fingerprint density at radius 2 is 1.83 bits per heavy atom. The average Bonchev–Trinajstić information content (AvgIpc) is 2.82. The zero-order valence-corrected chi connectivity index (χ0v) is 21.1. The summed E-state index contributed by atoms with van der Waals surface area (Å²) in [6.45, 7) is 5.26. The van der Waals surface area contributed by atoms with Crippen molar-refractivity contribution >= 4 is 33.3 Å². The van der Waals surface area contributed by atoms with E-state index in [1.54, 1.807) is 44.2 Å². The fourth-order valence-electron chi connectivity index (χ4n) is 4.11. The molecule has 1 saturated heterocycles. The topological polar surface area (TPSA) is 95.9 Å². The highest BCUT2D eigenvalue weighted by atomic mass is 35.5.